The number of hydrogen-bond donors (Lipinski definition) is 1. The third kappa shape index (κ3) is 2.74. The molecule has 0 radical (unpaired) electrons. The minimum absolute atomic E-state index is 0.146. The number of benzene rings is 2. The van der Waals surface area contributed by atoms with E-state index in [2.05, 4.69) is 17.4 Å². The number of rotatable bonds is 3. The summed E-state index contributed by atoms with van der Waals surface area (Å²) in [5.41, 5.74) is 4.08. The van der Waals surface area contributed by atoms with E-state index in [9.17, 15) is 4.79 Å². The summed E-state index contributed by atoms with van der Waals surface area (Å²) in [6.45, 7) is 2.23. The van der Waals surface area contributed by atoms with Crippen molar-refractivity contribution < 1.29 is 9.53 Å². The van der Waals surface area contributed by atoms with Gasteiger partial charge in [0.1, 0.15) is 0 Å². The van der Waals surface area contributed by atoms with Crippen molar-refractivity contribution in [2.75, 3.05) is 11.9 Å². The molecule has 1 aliphatic heterocycles. The SMILES string of the molecule is CCOC(=O)c1ccc2c(c1)[C@@H]1[C@H]3CC[C@@H](C3)[C@@H]1[C@H](c1cccc(Cl)c1Cl)N2. The van der Waals surface area contributed by atoms with Gasteiger partial charge in [0.15, 0.2) is 0 Å². The van der Waals surface area contributed by atoms with E-state index in [4.69, 9.17) is 27.9 Å². The number of carbonyl (C=O) groups is 1. The van der Waals surface area contributed by atoms with Crippen molar-refractivity contribution in [1.82, 2.24) is 0 Å². The zero-order chi connectivity index (χ0) is 19.4. The van der Waals surface area contributed by atoms with Crippen molar-refractivity contribution >= 4 is 34.9 Å². The van der Waals surface area contributed by atoms with E-state index in [1.807, 2.05) is 31.2 Å². The maximum Gasteiger partial charge on any atom is 0.338 e. The van der Waals surface area contributed by atoms with Gasteiger partial charge < -0.3 is 10.1 Å². The molecule has 5 heteroatoms. The summed E-state index contributed by atoms with van der Waals surface area (Å²) in [5.74, 6) is 2.03. The van der Waals surface area contributed by atoms with Crippen LogP contribution in [0.15, 0.2) is 36.4 Å². The molecule has 2 fully saturated rings. The van der Waals surface area contributed by atoms with Gasteiger partial charge in [-0.25, -0.2) is 4.79 Å². The van der Waals surface area contributed by atoms with E-state index in [-0.39, 0.29) is 12.0 Å². The second kappa shape index (κ2) is 6.96. The van der Waals surface area contributed by atoms with Gasteiger partial charge in [-0.1, -0.05) is 35.3 Å². The lowest BCUT2D eigenvalue weighted by Crippen LogP contribution is -2.35. The molecule has 0 amide bonds. The molecule has 0 aromatic heterocycles. The van der Waals surface area contributed by atoms with Gasteiger partial charge in [0, 0.05) is 5.69 Å². The van der Waals surface area contributed by atoms with Crippen molar-refractivity contribution in [3.05, 3.63) is 63.1 Å². The van der Waals surface area contributed by atoms with E-state index < -0.39 is 0 Å². The highest BCUT2D eigenvalue weighted by molar-refractivity contribution is 6.42. The largest absolute Gasteiger partial charge is 0.462 e. The minimum Gasteiger partial charge on any atom is -0.462 e. The van der Waals surface area contributed by atoms with Gasteiger partial charge >= 0.3 is 5.97 Å². The Morgan fingerprint density at radius 2 is 1.96 bits per heavy atom. The quantitative estimate of drug-likeness (QED) is 0.583. The van der Waals surface area contributed by atoms with Gasteiger partial charge in [-0.3, -0.25) is 0 Å². The Balaban J connectivity index is 1.60. The van der Waals surface area contributed by atoms with E-state index in [1.54, 1.807) is 0 Å². The lowest BCUT2D eigenvalue weighted by Gasteiger charge is -2.44. The molecule has 0 spiro atoms. The zero-order valence-corrected chi connectivity index (χ0v) is 17.3. The number of halogens is 2. The Morgan fingerprint density at radius 3 is 2.79 bits per heavy atom. The van der Waals surface area contributed by atoms with Crippen LogP contribution in [0.4, 0.5) is 5.69 Å². The Hall–Kier alpha value is -1.71. The van der Waals surface area contributed by atoms with Crippen LogP contribution in [-0.2, 0) is 4.74 Å². The molecule has 1 heterocycles. The fourth-order valence-corrected chi connectivity index (χ4v) is 6.32. The summed E-state index contributed by atoms with van der Waals surface area (Å²) in [6.07, 6.45) is 3.80. The topological polar surface area (TPSA) is 38.3 Å². The summed E-state index contributed by atoms with van der Waals surface area (Å²) >= 11 is 12.9. The second-order valence-corrected chi connectivity index (χ2v) is 9.01. The fourth-order valence-electron chi connectivity index (χ4n) is 5.90. The molecule has 5 atom stereocenters. The van der Waals surface area contributed by atoms with Crippen molar-refractivity contribution in [1.29, 1.82) is 0 Å². The number of carbonyl (C=O) groups excluding carboxylic acids is 1. The first kappa shape index (κ1) is 18.3. The van der Waals surface area contributed by atoms with Gasteiger partial charge in [0.2, 0.25) is 0 Å². The van der Waals surface area contributed by atoms with Crippen LogP contribution in [0.25, 0.3) is 0 Å². The van der Waals surface area contributed by atoms with Crippen LogP contribution in [0.2, 0.25) is 10.0 Å². The zero-order valence-electron chi connectivity index (χ0n) is 15.8. The molecule has 2 aromatic carbocycles. The standard InChI is InChI=1S/C23H23Cl2NO2/c1-2-28-23(27)14-8-9-18-16(11-14)19-12-6-7-13(10-12)20(19)22(26-18)15-4-3-5-17(24)21(15)25/h3-5,8-9,11-13,19-20,22,26H,2,6-7,10H2,1H3/t12-,13-,19-,20-,22-/m0/s1. The average molecular weight is 416 g/mol. The van der Waals surface area contributed by atoms with E-state index >= 15 is 0 Å². The molecular weight excluding hydrogens is 393 g/mol. The number of nitrogens with one attached hydrogen (secondary N) is 1. The summed E-state index contributed by atoms with van der Waals surface area (Å²) < 4.78 is 5.22. The highest BCUT2D eigenvalue weighted by atomic mass is 35.5. The first-order valence-electron chi connectivity index (χ1n) is 10.1. The van der Waals surface area contributed by atoms with Gasteiger partial charge in [-0.05, 0) is 85.3 Å². The minimum atomic E-state index is -0.245. The maximum absolute atomic E-state index is 12.3. The molecule has 5 rings (SSSR count). The second-order valence-electron chi connectivity index (χ2n) is 8.22. The molecule has 2 aliphatic carbocycles. The third-order valence-corrected chi connectivity index (χ3v) is 7.75. The van der Waals surface area contributed by atoms with E-state index in [0.717, 1.165) is 11.3 Å². The van der Waals surface area contributed by atoms with E-state index in [1.165, 1.54) is 24.8 Å². The summed E-state index contributed by atoms with van der Waals surface area (Å²) in [6, 6.07) is 12.0. The highest BCUT2D eigenvalue weighted by Gasteiger charge is 2.54. The first-order chi connectivity index (χ1) is 13.6. The van der Waals surface area contributed by atoms with Gasteiger partial charge in [0.05, 0.1) is 28.3 Å². The predicted molar refractivity (Wildman–Crippen MR) is 112 cm³/mol. The van der Waals surface area contributed by atoms with Crippen LogP contribution in [0.3, 0.4) is 0 Å². The van der Waals surface area contributed by atoms with Crippen LogP contribution >= 0.6 is 23.2 Å². The smallest absolute Gasteiger partial charge is 0.338 e. The number of anilines is 1. The number of ether oxygens (including phenoxy) is 1. The lowest BCUT2D eigenvalue weighted by atomic mass is 9.68. The van der Waals surface area contributed by atoms with Crippen LogP contribution in [-0.4, -0.2) is 12.6 Å². The monoisotopic (exact) mass is 415 g/mol. The van der Waals surface area contributed by atoms with Crippen molar-refractivity contribution in [3.8, 4) is 0 Å². The molecule has 1 N–H and O–H groups in total. The number of esters is 1. The molecule has 28 heavy (non-hydrogen) atoms. The van der Waals surface area contributed by atoms with Gasteiger partial charge in [-0.15, -0.1) is 0 Å². The number of fused-ring (bicyclic) bond motifs is 7. The molecule has 146 valence electrons. The Morgan fingerprint density at radius 1 is 1.14 bits per heavy atom. The Labute approximate surface area is 175 Å². The summed E-state index contributed by atoms with van der Waals surface area (Å²) in [5, 5.41) is 4.99. The number of hydrogen-bond acceptors (Lipinski definition) is 3. The lowest BCUT2D eigenvalue weighted by molar-refractivity contribution is 0.0526. The van der Waals surface area contributed by atoms with Crippen LogP contribution in [0.5, 0.6) is 0 Å². The molecule has 2 saturated carbocycles. The van der Waals surface area contributed by atoms with Crippen LogP contribution in [0, 0.1) is 17.8 Å². The highest BCUT2D eigenvalue weighted by Crippen LogP contribution is 2.64. The van der Waals surface area contributed by atoms with Crippen molar-refractivity contribution in [2.45, 2.75) is 38.1 Å². The Bertz CT molecular complexity index is 944. The maximum atomic E-state index is 12.3. The third-order valence-electron chi connectivity index (χ3n) is 6.91. The molecule has 2 bridgehead atoms. The summed E-state index contributed by atoms with van der Waals surface area (Å²) in [7, 11) is 0. The first-order valence-corrected chi connectivity index (χ1v) is 10.9. The molecule has 3 aliphatic rings. The molecule has 0 saturated heterocycles. The van der Waals surface area contributed by atoms with Crippen molar-refractivity contribution in [2.24, 2.45) is 17.8 Å². The Kier molecular flexibility index (Phi) is 4.56. The molecule has 3 nitrogen and oxygen atoms in total. The normalized spacial score (nSPS) is 29.8. The molecule has 0 unspecified atom stereocenters. The van der Waals surface area contributed by atoms with Gasteiger partial charge in [-0.2, -0.15) is 0 Å². The molecular formula is C23H23Cl2NO2. The average Bonchev–Trinajstić information content (AvgIpc) is 3.32. The van der Waals surface area contributed by atoms with E-state index in [0.29, 0.717) is 45.9 Å². The van der Waals surface area contributed by atoms with Crippen molar-refractivity contribution in [3.63, 3.8) is 0 Å². The molecule has 2 aromatic rings. The van der Waals surface area contributed by atoms with Crippen LogP contribution < -0.4 is 5.32 Å². The fraction of sp³-hybridized carbons (Fsp3) is 0.435. The predicted octanol–water partition coefficient (Wildman–Crippen LogP) is 6.47. The van der Waals surface area contributed by atoms with Crippen LogP contribution in [0.1, 0.15) is 59.6 Å². The van der Waals surface area contributed by atoms with Gasteiger partial charge in [0.25, 0.3) is 0 Å². The summed E-state index contributed by atoms with van der Waals surface area (Å²) in [4.78, 5) is 12.3.